The van der Waals surface area contributed by atoms with Crippen LogP contribution in [-0.2, 0) is 16.1 Å². The molecule has 0 spiro atoms. The summed E-state index contributed by atoms with van der Waals surface area (Å²) in [7, 11) is 0. The summed E-state index contributed by atoms with van der Waals surface area (Å²) in [6.07, 6.45) is 0.841. The fourth-order valence-corrected chi connectivity index (χ4v) is 3.60. The smallest absolute Gasteiger partial charge is 0.261 e. The standard InChI is InChI=1S/C25H33BrN2O3/c1-6-13-27-25(30)19(5)28(15-20-9-7-18(4)8-10-20)24(29)16-31-23-12-11-21(17(2)3)14-22(23)26/h7-12,14,17,19H,6,13,15-16H2,1-5H3,(H,27,30)/t19-/m1/s1. The molecule has 2 aromatic rings. The highest BCUT2D eigenvalue weighted by molar-refractivity contribution is 9.10. The van der Waals surface area contributed by atoms with Gasteiger partial charge in [-0.1, -0.05) is 56.7 Å². The van der Waals surface area contributed by atoms with E-state index in [1.165, 1.54) is 5.56 Å². The van der Waals surface area contributed by atoms with Gasteiger partial charge in [-0.05, 0) is 65.4 Å². The third-order valence-corrected chi connectivity index (χ3v) is 5.78. The molecule has 0 unspecified atom stereocenters. The van der Waals surface area contributed by atoms with Gasteiger partial charge in [-0.2, -0.15) is 0 Å². The molecule has 2 aromatic carbocycles. The predicted octanol–water partition coefficient (Wildman–Crippen LogP) is 5.20. The van der Waals surface area contributed by atoms with Gasteiger partial charge in [0.1, 0.15) is 11.8 Å². The lowest BCUT2D eigenvalue weighted by molar-refractivity contribution is -0.142. The van der Waals surface area contributed by atoms with Crippen LogP contribution in [0.2, 0.25) is 0 Å². The van der Waals surface area contributed by atoms with Crippen LogP contribution in [0, 0.1) is 6.92 Å². The Bertz CT molecular complexity index is 881. The molecule has 0 fully saturated rings. The fourth-order valence-electron chi connectivity index (χ4n) is 3.08. The fraction of sp³-hybridized carbons (Fsp3) is 0.440. The Hall–Kier alpha value is -2.34. The van der Waals surface area contributed by atoms with Crippen LogP contribution in [0.1, 0.15) is 56.7 Å². The zero-order valence-electron chi connectivity index (χ0n) is 19.1. The second-order valence-electron chi connectivity index (χ2n) is 8.11. The van der Waals surface area contributed by atoms with Crippen LogP contribution in [0.5, 0.6) is 5.75 Å². The molecule has 31 heavy (non-hydrogen) atoms. The number of hydrogen-bond donors (Lipinski definition) is 1. The average Bonchev–Trinajstić information content (AvgIpc) is 2.75. The van der Waals surface area contributed by atoms with Crippen molar-refractivity contribution in [3.05, 3.63) is 63.6 Å². The highest BCUT2D eigenvalue weighted by atomic mass is 79.9. The minimum Gasteiger partial charge on any atom is -0.483 e. The van der Waals surface area contributed by atoms with Crippen molar-refractivity contribution in [2.24, 2.45) is 0 Å². The second kappa shape index (κ2) is 11.9. The molecule has 168 valence electrons. The van der Waals surface area contributed by atoms with Gasteiger partial charge in [-0.15, -0.1) is 0 Å². The molecule has 1 atom stereocenters. The second-order valence-corrected chi connectivity index (χ2v) is 8.96. The van der Waals surface area contributed by atoms with Crippen molar-refractivity contribution in [3.63, 3.8) is 0 Å². The van der Waals surface area contributed by atoms with Crippen LogP contribution in [0.3, 0.4) is 0 Å². The van der Waals surface area contributed by atoms with Gasteiger partial charge in [0.15, 0.2) is 6.61 Å². The topological polar surface area (TPSA) is 58.6 Å². The van der Waals surface area contributed by atoms with Gasteiger partial charge in [0, 0.05) is 13.1 Å². The van der Waals surface area contributed by atoms with Crippen LogP contribution in [-0.4, -0.2) is 35.9 Å². The maximum atomic E-state index is 13.1. The van der Waals surface area contributed by atoms with E-state index in [1.54, 1.807) is 11.8 Å². The normalized spacial score (nSPS) is 11.8. The Kier molecular flexibility index (Phi) is 9.56. The van der Waals surface area contributed by atoms with Gasteiger partial charge in [0.05, 0.1) is 4.47 Å². The molecule has 0 heterocycles. The summed E-state index contributed by atoms with van der Waals surface area (Å²) in [4.78, 5) is 27.2. The molecule has 0 bridgehead atoms. The number of carbonyl (C=O) groups excluding carboxylic acids is 2. The number of halogens is 1. The number of rotatable bonds is 10. The van der Waals surface area contributed by atoms with Crippen LogP contribution in [0.25, 0.3) is 0 Å². The van der Waals surface area contributed by atoms with Gasteiger partial charge < -0.3 is 15.0 Å². The van der Waals surface area contributed by atoms with Crippen molar-refractivity contribution in [2.75, 3.05) is 13.2 Å². The van der Waals surface area contributed by atoms with Crippen molar-refractivity contribution in [1.82, 2.24) is 10.2 Å². The van der Waals surface area contributed by atoms with Gasteiger partial charge in [0.25, 0.3) is 5.91 Å². The Morgan fingerprint density at radius 3 is 2.35 bits per heavy atom. The molecule has 0 saturated carbocycles. The SMILES string of the molecule is CCCNC(=O)[C@@H](C)N(Cc1ccc(C)cc1)C(=O)COc1ccc(C(C)C)cc1Br. The number of ether oxygens (including phenoxy) is 1. The Labute approximate surface area is 194 Å². The molecule has 1 N–H and O–H groups in total. The van der Waals surface area contributed by atoms with Crippen molar-refractivity contribution in [1.29, 1.82) is 0 Å². The number of aryl methyl sites for hydroxylation is 1. The number of amides is 2. The van der Waals surface area contributed by atoms with Crippen LogP contribution >= 0.6 is 15.9 Å². The molecule has 0 aliphatic rings. The molecule has 0 saturated heterocycles. The number of hydrogen-bond acceptors (Lipinski definition) is 3. The maximum absolute atomic E-state index is 13.1. The van der Waals surface area contributed by atoms with Crippen LogP contribution in [0.15, 0.2) is 46.9 Å². The van der Waals surface area contributed by atoms with Crippen LogP contribution in [0.4, 0.5) is 0 Å². The van der Waals surface area contributed by atoms with Crippen molar-refractivity contribution in [3.8, 4) is 5.75 Å². The van der Waals surface area contributed by atoms with Crippen molar-refractivity contribution >= 4 is 27.7 Å². The Morgan fingerprint density at radius 2 is 1.77 bits per heavy atom. The Morgan fingerprint density at radius 1 is 1.10 bits per heavy atom. The van der Waals surface area contributed by atoms with Gasteiger partial charge >= 0.3 is 0 Å². The minimum atomic E-state index is -0.601. The molecule has 2 amide bonds. The lowest BCUT2D eigenvalue weighted by Gasteiger charge is -2.29. The van der Waals surface area contributed by atoms with Gasteiger partial charge in [0.2, 0.25) is 5.91 Å². The molecular weight excluding hydrogens is 456 g/mol. The molecule has 5 nitrogen and oxygen atoms in total. The van der Waals surface area contributed by atoms with E-state index >= 15 is 0 Å². The first-order chi connectivity index (χ1) is 14.7. The summed E-state index contributed by atoms with van der Waals surface area (Å²) in [5.41, 5.74) is 3.30. The highest BCUT2D eigenvalue weighted by Gasteiger charge is 2.26. The van der Waals surface area contributed by atoms with E-state index in [2.05, 4.69) is 35.1 Å². The Balaban J connectivity index is 2.14. The third-order valence-electron chi connectivity index (χ3n) is 5.16. The molecule has 2 rings (SSSR count). The number of nitrogens with one attached hydrogen (secondary N) is 1. The van der Waals surface area contributed by atoms with E-state index in [-0.39, 0.29) is 18.4 Å². The van der Waals surface area contributed by atoms with Crippen LogP contribution < -0.4 is 10.1 Å². The first-order valence-corrected chi connectivity index (χ1v) is 11.6. The lowest BCUT2D eigenvalue weighted by Crippen LogP contribution is -2.49. The summed E-state index contributed by atoms with van der Waals surface area (Å²) in [5, 5.41) is 2.88. The third kappa shape index (κ3) is 7.39. The minimum absolute atomic E-state index is 0.142. The first kappa shape index (κ1) is 24.9. The zero-order valence-corrected chi connectivity index (χ0v) is 20.7. The molecule has 6 heteroatoms. The molecule has 0 aromatic heterocycles. The van der Waals surface area contributed by atoms with Gasteiger partial charge in [-0.25, -0.2) is 0 Å². The lowest BCUT2D eigenvalue weighted by atomic mass is 10.0. The summed E-state index contributed by atoms with van der Waals surface area (Å²) in [6.45, 7) is 10.8. The zero-order chi connectivity index (χ0) is 23.0. The van der Waals surface area contributed by atoms with E-state index in [9.17, 15) is 9.59 Å². The molecular formula is C25H33BrN2O3. The first-order valence-electron chi connectivity index (χ1n) is 10.8. The van der Waals surface area contributed by atoms with E-state index < -0.39 is 6.04 Å². The number of nitrogens with zero attached hydrogens (tertiary/aromatic N) is 1. The average molecular weight is 489 g/mol. The number of carbonyl (C=O) groups is 2. The van der Waals surface area contributed by atoms with E-state index in [1.807, 2.05) is 56.3 Å². The summed E-state index contributed by atoms with van der Waals surface area (Å²) in [5.74, 6) is 0.611. The molecule has 0 radical (unpaired) electrons. The van der Waals surface area contributed by atoms with Gasteiger partial charge in [-0.3, -0.25) is 9.59 Å². The largest absolute Gasteiger partial charge is 0.483 e. The molecule has 0 aliphatic carbocycles. The maximum Gasteiger partial charge on any atom is 0.261 e. The van der Waals surface area contributed by atoms with E-state index in [4.69, 9.17) is 4.74 Å². The monoisotopic (exact) mass is 488 g/mol. The van der Waals surface area contributed by atoms with Crippen molar-refractivity contribution < 1.29 is 14.3 Å². The highest BCUT2D eigenvalue weighted by Crippen LogP contribution is 2.29. The summed E-state index contributed by atoms with van der Waals surface area (Å²) >= 11 is 3.53. The quantitative estimate of drug-likeness (QED) is 0.499. The summed E-state index contributed by atoms with van der Waals surface area (Å²) in [6, 6.07) is 13.2. The number of benzene rings is 2. The predicted molar refractivity (Wildman–Crippen MR) is 128 cm³/mol. The van der Waals surface area contributed by atoms with E-state index in [0.29, 0.717) is 24.8 Å². The van der Waals surface area contributed by atoms with E-state index in [0.717, 1.165) is 22.0 Å². The molecule has 0 aliphatic heterocycles. The summed E-state index contributed by atoms with van der Waals surface area (Å²) < 4.78 is 6.62. The van der Waals surface area contributed by atoms with Crippen molar-refractivity contribution in [2.45, 2.75) is 59.5 Å².